The lowest BCUT2D eigenvalue weighted by atomic mass is 10.2. The van der Waals surface area contributed by atoms with Gasteiger partial charge in [-0.1, -0.05) is 11.6 Å². The molecule has 0 aliphatic heterocycles. The highest BCUT2D eigenvalue weighted by molar-refractivity contribution is 7.11. The minimum Gasteiger partial charge on any atom is -0.506 e. The minimum absolute atomic E-state index is 0.0969. The second kappa shape index (κ2) is 5.16. The van der Waals surface area contributed by atoms with Crippen molar-refractivity contribution in [2.24, 2.45) is 0 Å². The number of benzene rings is 1. The van der Waals surface area contributed by atoms with Gasteiger partial charge >= 0.3 is 0 Å². The van der Waals surface area contributed by atoms with E-state index in [2.05, 4.69) is 17.2 Å². The summed E-state index contributed by atoms with van der Waals surface area (Å²) in [5, 5.41) is 14.2. The lowest BCUT2D eigenvalue weighted by Crippen LogP contribution is -2.06. The fraction of sp³-hybridized carbons (Fsp3) is 0.308. The fourth-order valence-electron chi connectivity index (χ4n) is 1.86. The summed E-state index contributed by atoms with van der Waals surface area (Å²) >= 11 is 7.57. The quantitative estimate of drug-likeness (QED) is 0.826. The van der Waals surface area contributed by atoms with E-state index >= 15 is 0 Å². The van der Waals surface area contributed by atoms with E-state index in [1.54, 1.807) is 29.5 Å². The topological polar surface area (TPSA) is 45.2 Å². The van der Waals surface area contributed by atoms with Gasteiger partial charge in [0.25, 0.3) is 0 Å². The highest BCUT2D eigenvalue weighted by Gasteiger charge is 2.13. The zero-order chi connectivity index (χ0) is 13.3. The van der Waals surface area contributed by atoms with Crippen LogP contribution < -0.4 is 5.32 Å². The molecule has 2 aromatic rings. The Morgan fingerprint density at radius 1 is 1.39 bits per heavy atom. The number of anilines is 1. The summed E-state index contributed by atoms with van der Waals surface area (Å²) in [5.74, 6) is 0.0969. The number of halogens is 1. The third-order valence-corrected chi connectivity index (χ3v) is 4.22. The van der Waals surface area contributed by atoms with Crippen LogP contribution in [-0.4, -0.2) is 10.1 Å². The van der Waals surface area contributed by atoms with Gasteiger partial charge < -0.3 is 10.4 Å². The number of aromatic nitrogens is 1. The van der Waals surface area contributed by atoms with Crippen molar-refractivity contribution in [3.8, 4) is 5.75 Å². The van der Waals surface area contributed by atoms with Crippen molar-refractivity contribution in [3.63, 3.8) is 0 Å². The Morgan fingerprint density at radius 2 is 2.11 bits per heavy atom. The number of phenolic OH excluding ortho intramolecular Hbond substituents is 1. The summed E-state index contributed by atoms with van der Waals surface area (Å²) in [6.07, 6.45) is 0. The number of phenols is 1. The highest BCUT2D eigenvalue weighted by atomic mass is 35.5. The van der Waals surface area contributed by atoms with E-state index in [0.717, 1.165) is 16.4 Å². The van der Waals surface area contributed by atoms with E-state index in [1.807, 2.05) is 13.8 Å². The van der Waals surface area contributed by atoms with Gasteiger partial charge in [-0.3, -0.25) is 0 Å². The SMILES string of the molecule is Cc1nc(C)c(C(C)Nc2ccc(O)c(Cl)c2)s1. The summed E-state index contributed by atoms with van der Waals surface area (Å²) in [5.41, 5.74) is 1.94. The van der Waals surface area contributed by atoms with Crippen molar-refractivity contribution in [1.82, 2.24) is 4.98 Å². The summed E-state index contributed by atoms with van der Waals surface area (Å²) in [6.45, 7) is 6.10. The number of aromatic hydroxyl groups is 1. The van der Waals surface area contributed by atoms with Gasteiger partial charge in [-0.05, 0) is 39.0 Å². The van der Waals surface area contributed by atoms with Gasteiger partial charge in [0.2, 0.25) is 0 Å². The van der Waals surface area contributed by atoms with E-state index < -0.39 is 0 Å². The first kappa shape index (κ1) is 13.2. The lowest BCUT2D eigenvalue weighted by molar-refractivity contribution is 0.475. The summed E-state index contributed by atoms with van der Waals surface area (Å²) in [6, 6.07) is 5.27. The summed E-state index contributed by atoms with van der Waals surface area (Å²) in [4.78, 5) is 5.64. The van der Waals surface area contributed by atoms with E-state index in [9.17, 15) is 5.11 Å². The van der Waals surface area contributed by atoms with Crippen LogP contribution in [0.1, 0.15) is 28.5 Å². The molecule has 0 radical (unpaired) electrons. The van der Waals surface area contributed by atoms with Crippen LogP contribution in [0.4, 0.5) is 5.69 Å². The molecule has 0 aliphatic rings. The average molecular weight is 283 g/mol. The number of nitrogens with zero attached hydrogens (tertiary/aromatic N) is 1. The first-order valence-electron chi connectivity index (χ1n) is 5.66. The summed E-state index contributed by atoms with van der Waals surface area (Å²) < 4.78 is 0. The van der Waals surface area contributed by atoms with Gasteiger partial charge in [0.15, 0.2) is 0 Å². The molecule has 0 aliphatic carbocycles. The Balaban J connectivity index is 2.18. The minimum atomic E-state index is 0.0969. The van der Waals surface area contributed by atoms with Crippen LogP contribution in [0, 0.1) is 13.8 Å². The second-order valence-electron chi connectivity index (χ2n) is 4.21. The zero-order valence-corrected chi connectivity index (χ0v) is 12.1. The smallest absolute Gasteiger partial charge is 0.134 e. The number of nitrogens with one attached hydrogen (secondary N) is 1. The molecule has 0 saturated carbocycles. The number of thiazole rings is 1. The van der Waals surface area contributed by atoms with Crippen LogP contribution in [0.2, 0.25) is 5.02 Å². The van der Waals surface area contributed by atoms with E-state index in [0.29, 0.717) is 5.02 Å². The van der Waals surface area contributed by atoms with Crippen molar-refractivity contribution < 1.29 is 5.11 Å². The van der Waals surface area contributed by atoms with Gasteiger partial charge in [-0.2, -0.15) is 0 Å². The van der Waals surface area contributed by atoms with Gasteiger partial charge in [-0.25, -0.2) is 4.98 Å². The van der Waals surface area contributed by atoms with Crippen molar-refractivity contribution in [2.45, 2.75) is 26.8 Å². The second-order valence-corrected chi connectivity index (χ2v) is 5.86. The molecule has 0 spiro atoms. The van der Waals surface area contributed by atoms with Crippen molar-refractivity contribution in [1.29, 1.82) is 0 Å². The maximum atomic E-state index is 9.37. The van der Waals surface area contributed by atoms with E-state index in [4.69, 9.17) is 11.6 Å². The fourth-order valence-corrected chi connectivity index (χ4v) is 2.97. The first-order chi connectivity index (χ1) is 8.47. The Labute approximate surface area is 115 Å². The molecule has 1 aromatic heterocycles. The average Bonchev–Trinajstić information content (AvgIpc) is 2.63. The standard InChI is InChI=1S/C13H15ClN2OS/c1-7-13(18-9(3)15-7)8(2)16-10-4-5-12(17)11(14)6-10/h4-6,8,16-17H,1-3H3. The van der Waals surface area contributed by atoms with Gasteiger partial charge in [0.05, 0.1) is 21.8 Å². The van der Waals surface area contributed by atoms with Crippen LogP contribution in [0.15, 0.2) is 18.2 Å². The van der Waals surface area contributed by atoms with Crippen molar-refractivity contribution in [2.75, 3.05) is 5.32 Å². The predicted molar refractivity (Wildman–Crippen MR) is 76.7 cm³/mol. The van der Waals surface area contributed by atoms with Gasteiger partial charge in [0, 0.05) is 10.6 Å². The molecule has 2 rings (SSSR count). The molecule has 18 heavy (non-hydrogen) atoms. The Hall–Kier alpha value is -1.26. The molecule has 0 fully saturated rings. The van der Waals surface area contributed by atoms with Crippen LogP contribution in [-0.2, 0) is 0 Å². The molecule has 2 N–H and O–H groups in total. The molecule has 0 bridgehead atoms. The highest BCUT2D eigenvalue weighted by Crippen LogP contribution is 2.30. The molecule has 0 saturated heterocycles. The maximum Gasteiger partial charge on any atom is 0.134 e. The van der Waals surface area contributed by atoms with Crippen LogP contribution in [0.5, 0.6) is 5.75 Å². The molecular formula is C13H15ClN2OS. The Bertz CT molecular complexity index is 568. The third kappa shape index (κ3) is 2.76. The molecule has 1 unspecified atom stereocenters. The Kier molecular flexibility index (Phi) is 3.78. The molecular weight excluding hydrogens is 268 g/mol. The molecule has 1 atom stereocenters. The first-order valence-corrected chi connectivity index (χ1v) is 6.86. The monoisotopic (exact) mass is 282 g/mol. The van der Waals surface area contributed by atoms with Crippen LogP contribution in [0.25, 0.3) is 0 Å². The van der Waals surface area contributed by atoms with E-state index in [1.165, 1.54) is 4.88 Å². The molecule has 5 heteroatoms. The molecule has 0 amide bonds. The maximum absolute atomic E-state index is 9.37. The Morgan fingerprint density at radius 3 is 2.67 bits per heavy atom. The third-order valence-electron chi connectivity index (χ3n) is 2.66. The number of aryl methyl sites for hydroxylation is 2. The lowest BCUT2D eigenvalue weighted by Gasteiger charge is -2.14. The zero-order valence-electron chi connectivity index (χ0n) is 10.5. The number of hydrogen-bond donors (Lipinski definition) is 2. The molecule has 3 nitrogen and oxygen atoms in total. The molecule has 1 heterocycles. The largest absolute Gasteiger partial charge is 0.506 e. The van der Waals surface area contributed by atoms with Crippen molar-refractivity contribution >= 4 is 28.6 Å². The summed E-state index contributed by atoms with van der Waals surface area (Å²) in [7, 11) is 0. The van der Waals surface area contributed by atoms with Crippen molar-refractivity contribution in [3.05, 3.63) is 38.8 Å². The molecule has 1 aromatic carbocycles. The normalized spacial score (nSPS) is 12.4. The number of hydrogen-bond acceptors (Lipinski definition) is 4. The number of rotatable bonds is 3. The van der Waals surface area contributed by atoms with Crippen LogP contribution in [0.3, 0.4) is 0 Å². The van der Waals surface area contributed by atoms with Gasteiger partial charge in [0.1, 0.15) is 5.75 Å². The van der Waals surface area contributed by atoms with Gasteiger partial charge in [-0.15, -0.1) is 11.3 Å². The molecule has 96 valence electrons. The van der Waals surface area contributed by atoms with E-state index in [-0.39, 0.29) is 11.8 Å². The predicted octanol–water partition coefficient (Wildman–Crippen LogP) is 4.29. The van der Waals surface area contributed by atoms with Crippen LogP contribution >= 0.6 is 22.9 Å².